The normalized spacial score (nSPS) is 8.53. The Morgan fingerprint density at radius 2 is 1.24 bits per heavy atom. The van der Waals surface area contributed by atoms with Crippen LogP contribution in [0, 0.1) is 0 Å². The van der Waals surface area contributed by atoms with Crippen molar-refractivity contribution in [2.75, 3.05) is 0 Å². The maximum Gasteiger partial charge on any atom is 0.330 e. The van der Waals surface area contributed by atoms with Crippen LogP contribution < -0.4 is 0 Å². The number of aliphatic carboxylic acids is 1. The SMILES string of the molecule is C=C(C)C(=O)O.O.c1ccc2ccccc2c1. The average Bonchev–Trinajstić information content (AvgIpc) is 2.30. The van der Waals surface area contributed by atoms with Gasteiger partial charge in [0.2, 0.25) is 0 Å². The second-order valence-corrected chi connectivity index (χ2v) is 3.43. The van der Waals surface area contributed by atoms with Gasteiger partial charge >= 0.3 is 5.97 Å². The molecule has 17 heavy (non-hydrogen) atoms. The van der Waals surface area contributed by atoms with E-state index in [-0.39, 0.29) is 11.0 Å². The van der Waals surface area contributed by atoms with E-state index in [9.17, 15) is 4.79 Å². The maximum atomic E-state index is 9.60. The first-order chi connectivity index (χ1) is 7.61. The molecule has 2 aromatic rings. The number of rotatable bonds is 1. The summed E-state index contributed by atoms with van der Waals surface area (Å²) in [5.41, 5.74) is 0.176. The summed E-state index contributed by atoms with van der Waals surface area (Å²) in [6.45, 7) is 4.60. The second-order valence-electron chi connectivity index (χ2n) is 3.43. The van der Waals surface area contributed by atoms with E-state index in [1.165, 1.54) is 17.7 Å². The highest BCUT2D eigenvalue weighted by Gasteiger charge is 1.90. The van der Waals surface area contributed by atoms with Crippen molar-refractivity contribution in [3.63, 3.8) is 0 Å². The van der Waals surface area contributed by atoms with Crippen LogP contribution >= 0.6 is 0 Å². The van der Waals surface area contributed by atoms with Crippen molar-refractivity contribution < 1.29 is 15.4 Å². The smallest absolute Gasteiger partial charge is 0.330 e. The highest BCUT2D eigenvalue weighted by molar-refractivity contribution is 5.84. The van der Waals surface area contributed by atoms with Gasteiger partial charge in [-0.3, -0.25) is 0 Å². The number of carboxylic acid groups (broad SMARTS) is 1. The lowest BCUT2D eigenvalue weighted by atomic mass is 10.1. The van der Waals surface area contributed by atoms with Gasteiger partial charge in [-0.1, -0.05) is 55.1 Å². The van der Waals surface area contributed by atoms with Crippen LogP contribution in [0.5, 0.6) is 0 Å². The van der Waals surface area contributed by atoms with Crippen molar-refractivity contribution in [1.29, 1.82) is 0 Å². The zero-order chi connectivity index (χ0) is 12.0. The summed E-state index contributed by atoms with van der Waals surface area (Å²) in [6.07, 6.45) is 0. The van der Waals surface area contributed by atoms with Crippen molar-refractivity contribution in [3.8, 4) is 0 Å². The van der Waals surface area contributed by atoms with E-state index in [2.05, 4.69) is 55.1 Å². The van der Waals surface area contributed by atoms with E-state index in [1.54, 1.807) is 0 Å². The number of benzene rings is 2. The molecule has 0 aromatic heterocycles. The first kappa shape index (κ1) is 14.9. The quantitative estimate of drug-likeness (QED) is 0.768. The summed E-state index contributed by atoms with van der Waals surface area (Å²) < 4.78 is 0. The first-order valence-electron chi connectivity index (χ1n) is 4.94. The molecule has 0 bridgehead atoms. The molecule has 0 fully saturated rings. The van der Waals surface area contributed by atoms with Gasteiger partial charge in [0.15, 0.2) is 0 Å². The molecule has 0 amide bonds. The van der Waals surface area contributed by atoms with E-state index in [4.69, 9.17) is 5.11 Å². The van der Waals surface area contributed by atoms with Gasteiger partial charge in [0.25, 0.3) is 0 Å². The predicted octanol–water partition coefficient (Wildman–Crippen LogP) is 2.66. The predicted molar refractivity (Wildman–Crippen MR) is 70.0 cm³/mol. The van der Waals surface area contributed by atoms with Gasteiger partial charge in [0.05, 0.1) is 0 Å². The topological polar surface area (TPSA) is 68.8 Å². The van der Waals surface area contributed by atoms with Crippen LogP contribution in [0.4, 0.5) is 0 Å². The fourth-order valence-electron chi connectivity index (χ4n) is 1.13. The molecule has 0 saturated carbocycles. The van der Waals surface area contributed by atoms with Gasteiger partial charge in [0.1, 0.15) is 0 Å². The zero-order valence-corrected chi connectivity index (χ0v) is 9.68. The Kier molecular flexibility index (Phi) is 6.29. The number of hydrogen-bond acceptors (Lipinski definition) is 1. The van der Waals surface area contributed by atoms with Crippen molar-refractivity contribution in [3.05, 3.63) is 60.7 Å². The molecule has 0 heterocycles. The number of carbonyl (C=O) groups is 1. The molecule has 0 aliphatic heterocycles. The minimum absolute atomic E-state index is 0. The van der Waals surface area contributed by atoms with Crippen molar-refractivity contribution in [2.45, 2.75) is 6.92 Å². The molecule has 0 aliphatic rings. The molecule has 0 spiro atoms. The van der Waals surface area contributed by atoms with Gasteiger partial charge in [-0.2, -0.15) is 0 Å². The van der Waals surface area contributed by atoms with Crippen LogP contribution in [-0.2, 0) is 4.79 Å². The molecular formula is C14H16O3. The standard InChI is InChI=1S/C10H8.C4H6O2.H2O/c1-2-6-10-8-4-3-7-9(10)5-1;1-3(2)4(5)6;/h1-8H;1H2,2H3,(H,5,6);1H2. The molecule has 3 nitrogen and oxygen atoms in total. The van der Waals surface area contributed by atoms with Crippen molar-refractivity contribution >= 4 is 16.7 Å². The van der Waals surface area contributed by atoms with E-state index >= 15 is 0 Å². The van der Waals surface area contributed by atoms with Crippen LogP contribution in [0.1, 0.15) is 6.92 Å². The summed E-state index contributed by atoms with van der Waals surface area (Å²) in [7, 11) is 0. The number of hydrogen-bond donors (Lipinski definition) is 1. The highest BCUT2D eigenvalue weighted by Crippen LogP contribution is 2.11. The monoisotopic (exact) mass is 232 g/mol. The second kappa shape index (κ2) is 7.19. The van der Waals surface area contributed by atoms with E-state index in [0.717, 1.165) is 0 Å². The Bertz CT molecular complexity index is 426. The first-order valence-corrected chi connectivity index (χ1v) is 4.94. The Balaban J connectivity index is 0.000000324. The summed E-state index contributed by atoms with van der Waals surface area (Å²) in [6, 6.07) is 16.7. The van der Waals surface area contributed by atoms with Gasteiger partial charge < -0.3 is 10.6 Å². The molecule has 3 heteroatoms. The van der Waals surface area contributed by atoms with Crippen molar-refractivity contribution in [2.24, 2.45) is 0 Å². The Labute approximate surface area is 100 Å². The molecule has 0 unspecified atom stereocenters. The van der Waals surface area contributed by atoms with Crippen LogP contribution in [0.15, 0.2) is 60.7 Å². The minimum atomic E-state index is -0.935. The summed E-state index contributed by atoms with van der Waals surface area (Å²) in [5, 5.41) is 10.5. The lowest BCUT2D eigenvalue weighted by molar-refractivity contribution is -0.132. The summed E-state index contributed by atoms with van der Waals surface area (Å²) in [4.78, 5) is 9.60. The van der Waals surface area contributed by atoms with Gasteiger partial charge in [0, 0.05) is 5.57 Å². The molecule has 0 atom stereocenters. The van der Waals surface area contributed by atoms with E-state index < -0.39 is 5.97 Å². The lowest BCUT2D eigenvalue weighted by Crippen LogP contribution is -1.92. The molecule has 3 N–H and O–H groups in total. The number of fused-ring (bicyclic) bond motifs is 1. The molecule has 0 radical (unpaired) electrons. The third-order valence-corrected chi connectivity index (χ3v) is 2.02. The lowest BCUT2D eigenvalue weighted by Gasteiger charge is -1.92. The molecule has 2 rings (SSSR count). The molecular weight excluding hydrogens is 216 g/mol. The third kappa shape index (κ3) is 4.95. The van der Waals surface area contributed by atoms with Crippen LogP contribution in [0.25, 0.3) is 10.8 Å². The molecule has 2 aromatic carbocycles. The Morgan fingerprint density at radius 3 is 1.41 bits per heavy atom. The van der Waals surface area contributed by atoms with E-state index in [1.807, 2.05) is 0 Å². The summed E-state index contributed by atoms with van der Waals surface area (Å²) >= 11 is 0. The van der Waals surface area contributed by atoms with Crippen LogP contribution in [0.3, 0.4) is 0 Å². The summed E-state index contributed by atoms with van der Waals surface area (Å²) in [5.74, 6) is -0.935. The molecule has 0 saturated heterocycles. The molecule has 90 valence electrons. The highest BCUT2D eigenvalue weighted by atomic mass is 16.4. The third-order valence-electron chi connectivity index (χ3n) is 2.02. The number of carboxylic acids is 1. The van der Waals surface area contributed by atoms with Crippen LogP contribution in [-0.4, -0.2) is 16.6 Å². The van der Waals surface area contributed by atoms with Gasteiger partial charge in [-0.05, 0) is 17.7 Å². The Hall–Kier alpha value is -2.13. The minimum Gasteiger partial charge on any atom is -0.478 e. The average molecular weight is 232 g/mol. The van der Waals surface area contributed by atoms with Crippen LogP contribution in [0.2, 0.25) is 0 Å². The molecule has 0 aliphatic carbocycles. The maximum absolute atomic E-state index is 9.60. The largest absolute Gasteiger partial charge is 0.478 e. The van der Waals surface area contributed by atoms with Gasteiger partial charge in [-0.25, -0.2) is 4.79 Å². The van der Waals surface area contributed by atoms with E-state index in [0.29, 0.717) is 0 Å². The zero-order valence-electron chi connectivity index (χ0n) is 9.68. The fraction of sp³-hybridized carbons (Fsp3) is 0.0714. The Morgan fingerprint density at radius 1 is 1.00 bits per heavy atom. The van der Waals surface area contributed by atoms with Crippen molar-refractivity contribution in [1.82, 2.24) is 0 Å². The fourth-order valence-corrected chi connectivity index (χ4v) is 1.13. The van der Waals surface area contributed by atoms with Gasteiger partial charge in [-0.15, -0.1) is 0 Å².